The zero-order chi connectivity index (χ0) is 17.0. The van der Waals surface area contributed by atoms with Crippen molar-refractivity contribution in [3.05, 3.63) is 52.5 Å². The number of hydrogen-bond acceptors (Lipinski definition) is 4. The van der Waals surface area contributed by atoms with Crippen molar-refractivity contribution in [1.29, 1.82) is 0 Å². The lowest BCUT2D eigenvalue weighted by molar-refractivity contribution is -0.138. The molecule has 0 fully saturated rings. The summed E-state index contributed by atoms with van der Waals surface area (Å²) >= 11 is 5.97. The first-order chi connectivity index (χ1) is 10.9. The molecule has 0 aliphatic heterocycles. The summed E-state index contributed by atoms with van der Waals surface area (Å²) in [6, 6.07) is 9.14. The third-order valence-electron chi connectivity index (χ3n) is 3.42. The van der Waals surface area contributed by atoms with Gasteiger partial charge in [0, 0.05) is 0 Å². The molecule has 0 bridgehead atoms. The maximum Gasteiger partial charge on any atom is 0.311 e. The number of carboxylic acid groups (broad SMARTS) is 1. The van der Waals surface area contributed by atoms with Crippen LogP contribution in [0.25, 0.3) is 0 Å². The summed E-state index contributed by atoms with van der Waals surface area (Å²) < 4.78 is 5.31. The van der Waals surface area contributed by atoms with E-state index in [1.54, 1.807) is 25.1 Å². The predicted molar refractivity (Wildman–Crippen MR) is 86.5 cm³/mol. The molecule has 0 aliphatic carbocycles. The van der Waals surface area contributed by atoms with Gasteiger partial charge < -0.3 is 20.1 Å². The highest BCUT2D eigenvalue weighted by Gasteiger charge is 2.22. The second kappa shape index (κ2) is 7.24. The maximum atomic E-state index is 11.6. The van der Waals surface area contributed by atoms with Crippen LogP contribution in [0.15, 0.2) is 36.4 Å². The van der Waals surface area contributed by atoms with Gasteiger partial charge in [0.1, 0.15) is 5.75 Å². The molecule has 2 rings (SSSR count). The number of rotatable bonds is 6. The molecular formula is C17H17ClO5. The number of ether oxygens (including phenoxy) is 1. The van der Waals surface area contributed by atoms with E-state index >= 15 is 0 Å². The number of aliphatic carboxylic acids is 1. The molecule has 2 aromatic rings. The van der Waals surface area contributed by atoms with E-state index in [-0.39, 0.29) is 28.7 Å². The van der Waals surface area contributed by atoms with Crippen molar-refractivity contribution in [3.63, 3.8) is 0 Å². The lowest BCUT2D eigenvalue weighted by atomic mass is 9.92. The van der Waals surface area contributed by atoms with E-state index in [0.29, 0.717) is 17.7 Å². The number of aromatic hydroxyl groups is 2. The third kappa shape index (κ3) is 4.07. The second-order valence-corrected chi connectivity index (χ2v) is 5.45. The van der Waals surface area contributed by atoms with E-state index in [1.165, 1.54) is 18.2 Å². The zero-order valence-electron chi connectivity index (χ0n) is 12.5. The molecule has 0 heterocycles. The van der Waals surface area contributed by atoms with Gasteiger partial charge in [0.2, 0.25) is 0 Å². The Kier molecular flexibility index (Phi) is 5.34. The van der Waals surface area contributed by atoms with E-state index in [1.807, 2.05) is 0 Å². The largest absolute Gasteiger partial charge is 0.508 e. The van der Waals surface area contributed by atoms with Gasteiger partial charge in [0.25, 0.3) is 0 Å². The highest BCUT2D eigenvalue weighted by atomic mass is 35.5. The molecule has 0 radical (unpaired) electrons. The number of carboxylic acids is 1. The number of phenolic OH excluding ortho intramolecular Hbond substituents is 2. The number of carbonyl (C=O) groups is 1. The first-order valence-electron chi connectivity index (χ1n) is 7.08. The van der Waals surface area contributed by atoms with Crippen LogP contribution in [0, 0.1) is 0 Å². The number of phenols is 2. The fourth-order valence-electron chi connectivity index (χ4n) is 2.30. The maximum absolute atomic E-state index is 11.6. The van der Waals surface area contributed by atoms with E-state index in [0.717, 1.165) is 0 Å². The SMILES string of the molecule is CCOc1cc(CC(C(=O)O)c2ccc(O)cc2)cc(Cl)c1O. The Balaban J connectivity index is 2.33. The van der Waals surface area contributed by atoms with Gasteiger partial charge in [-0.3, -0.25) is 4.79 Å². The Morgan fingerprint density at radius 2 is 1.87 bits per heavy atom. The molecular weight excluding hydrogens is 320 g/mol. The Labute approximate surface area is 138 Å². The fourth-order valence-corrected chi connectivity index (χ4v) is 2.53. The first kappa shape index (κ1) is 17.0. The number of hydrogen-bond donors (Lipinski definition) is 3. The predicted octanol–water partition coefficient (Wildman–Crippen LogP) is 3.56. The molecule has 1 atom stereocenters. The number of benzene rings is 2. The fraction of sp³-hybridized carbons (Fsp3) is 0.235. The van der Waals surface area contributed by atoms with Crippen LogP contribution >= 0.6 is 11.6 Å². The average Bonchev–Trinajstić information content (AvgIpc) is 2.50. The van der Waals surface area contributed by atoms with Crippen LogP contribution in [0.2, 0.25) is 5.02 Å². The third-order valence-corrected chi connectivity index (χ3v) is 3.71. The molecule has 23 heavy (non-hydrogen) atoms. The lowest BCUT2D eigenvalue weighted by Gasteiger charge is -2.15. The Hall–Kier alpha value is -2.40. The van der Waals surface area contributed by atoms with Crippen LogP contribution in [-0.4, -0.2) is 27.9 Å². The summed E-state index contributed by atoms with van der Waals surface area (Å²) in [4.78, 5) is 11.6. The normalized spacial score (nSPS) is 11.9. The molecule has 1 unspecified atom stereocenters. The average molecular weight is 337 g/mol. The van der Waals surface area contributed by atoms with Crippen LogP contribution in [-0.2, 0) is 11.2 Å². The van der Waals surface area contributed by atoms with Crippen molar-refractivity contribution in [3.8, 4) is 17.2 Å². The Morgan fingerprint density at radius 1 is 1.22 bits per heavy atom. The van der Waals surface area contributed by atoms with Crippen LogP contribution < -0.4 is 4.74 Å². The summed E-state index contributed by atoms with van der Waals surface area (Å²) in [6.07, 6.45) is 0.181. The standard InChI is InChI=1S/C17H17ClO5/c1-2-23-15-9-10(8-14(18)16(15)20)7-13(17(21)22)11-3-5-12(19)6-4-11/h3-6,8-9,13,19-20H,2,7H2,1H3,(H,21,22). The lowest BCUT2D eigenvalue weighted by Crippen LogP contribution is -2.14. The van der Waals surface area contributed by atoms with Gasteiger partial charge in [-0.15, -0.1) is 0 Å². The topological polar surface area (TPSA) is 87.0 Å². The first-order valence-corrected chi connectivity index (χ1v) is 7.46. The van der Waals surface area contributed by atoms with Crippen molar-refractivity contribution in [2.75, 3.05) is 6.61 Å². The van der Waals surface area contributed by atoms with Gasteiger partial charge >= 0.3 is 5.97 Å². The van der Waals surface area contributed by atoms with Gasteiger partial charge in [-0.25, -0.2) is 0 Å². The molecule has 0 aromatic heterocycles. The molecule has 3 N–H and O–H groups in total. The van der Waals surface area contributed by atoms with Gasteiger partial charge in [0.15, 0.2) is 11.5 Å². The summed E-state index contributed by atoms with van der Waals surface area (Å²) in [6.45, 7) is 2.13. The van der Waals surface area contributed by atoms with E-state index in [2.05, 4.69) is 0 Å². The Morgan fingerprint density at radius 3 is 2.43 bits per heavy atom. The monoisotopic (exact) mass is 336 g/mol. The summed E-state index contributed by atoms with van der Waals surface area (Å²) in [5, 5.41) is 28.8. The van der Waals surface area contributed by atoms with Gasteiger partial charge in [-0.05, 0) is 48.7 Å². The van der Waals surface area contributed by atoms with Crippen LogP contribution in [0.5, 0.6) is 17.2 Å². The van der Waals surface area contributed by atoms with Crippen molar-refractivity contribution in [1.82, 2.24) is 0 Å². The number of halogens is 1. The van der Waals surface area contributed by atoms with Crippen molar-refractivity contribution < 1.29 is 24.9 Å². The van der Waals surface area contributed by atoms with E-state index in [9.17, 15) is 20.1 Å². The van der Waals surface area contributed by atoms with Crippen LogP contribution in [0.3, 0.4) is 0 Å². The minimum atomic E-state index is -0.988. The van der Waals surface area contributed by atoms with Gasteiger partial charge in [-0.1, -0.05) is 23.7 Å². The minimum Gasteiger partial charge on any atom is -0.508 e. The van der Waals surface area contributed by atoms with Crippen molar-refractivity contribution in [2.24, 2.45) is 0 Å². The van der Waals surface area contributed by atoms with E-state index < -0.39 is 11.9 Å². The molecule has 0 aliphatic rings. The summed E-state index contributed by atoms with van der Waals surface area (Å²) in [7, 11) is 0. The van der Waals surface area contributed by atoms with Crippen LogP contribution in [0.1, 0.15) is 24.0 Å². The minimum absolute atomic E-state index is 0.0733. The highest BCUT2D eigenvalue weighted by Crippen LogP contribution is 2.36. The smallest absolute Gasteiger partial charge is 0.311 e. The quantitative estimate of drug-likeness (QED) is 0.750. The highest BCUT2D eigenvalue weighted by molar-refractivity contribution is 6.32. The summed E-state index contributed by atoms with van der Waals surface area (Å²) in [5.41, 5.74) is 1.20. The second-order valence-electron chi connectivity index (χ2n) is 5.04. The molecule has 0 saturated carbocycles. The van der Waals surface area contributed by atoms with Gasteiger partial charge in [0.05, 0.1) is 17.5 Å². The molecule has 0 amide bonds. The molecule has 6 heteroatoms. The molecule has 0 spiro atoms. The van der Waals surface area contributed by atoms with E-state index in [4.69, 9.17) is 16.3 Å². The molecule has 122 valence electrons. The molecule has 5 nitrogen and oxygen atoms in total. The summed E-state index contributed by atoms with van der Waals surface area (Å²) in [5.74, 6) is -1.65. The molecule has 2 aromatic carbocycles. The van der Waals surface area contributed by atoms with Crippen LogP contribution in [0.4, 0.5) is 0 Å². The van der Waals surface area contributed by atoms with Crippen molar-refractivity contribution >= 4 is 17.6 Å². The Bertz CT molecular complexity index is 697. The zero-order valence-corrected chi connectivity index (χ0v) is 13.2. The van der Waals surface area contributed by atoms with Crippen molar-refractivity contribution in [2.45, 2.75) is 19.3 Å². The van der Waals surface area contributed by atoms with Gasteiger partial charge in [-0.2, -0.15) is 0 Å². The molecule has 0 saturated heterocycles.